The lowest BCUT2D eigenvalue weighted by molar-refractivity contribution is -0.173. The molecule has 0 radical (unpaired) electrons. The highest BCUT2D eigenvalue weighted by Crippen LogP contribution is 2.40. The molecule has 0 aliphatic carbocycles. The number of benzene rings is 1. The van der Waals surface area contributed by atoms with E-state index in [1.807, 2.05) is 0 Å². The number of aliphatic hydroxyl groups excluding tert-OH is 1. The first-order chi connectivity index (χ1) is 8.53. The predicted molar refractivity (Wildman–Crippen MR) is 56.6 cm³/mol. The molecule has 1 atom stereocenters. The zero-order valence-corrected chi connectivity index (χ0v) is 9.81. The van der Waals surface area contributed by atoms with Crippen LogP contribution in [0.15, 0.2) is 35.9 Å². The summed E-state index contributed by atoms with van der Waals surface area (Å²) in [6.07, 6.45) is -13.6. The molecule has 8 heteroatoms. The van der Waals surface area contributed by atoms with Crippen molar-refractivity contribution in [3.63, 3.8) is 0 Å². The van der Waals surface area contributed by atoms with Crippen molar-refractivity contribution in [2.45, 2.75) is 18.5 Å². The minimum Gasteiger partial charge on any atom is -0.384 e. The molecule has 0 aliphatic rings. The van der Waals surface area contributed by atoms with E-state index in [9.17, 15) is 31.4 Å². The van der Waals surface area contributed by atoms with Crippen LogP contribution in [-0.4, -0.2) is 17.5 Å². The summed E-state index contributed by atoms with van der Waals surface area (Å²) in [4.78, 5) is 0. The van der Waals surface area contributed by atoms with Crippen LogP contribution in [0.25, 0.3) is 0 Å². The molecule has 1 aromatic carbocycles. The van der Waals surface area contributed by atoms with E-state index < -0.39 is 24.0 Å². The summed E-state index contributed by atoms with van der Waals surface area (Å²) < 4.78 is 73.6. The van der Waals surface area contributed by atoms with E-state index in [1.165, 1.54) is 18.2 Å². The molecule has 0 fully saturated rings. The Morgan fingerprint density at radius 2 is 1.53 bits per heavy atom. The van der Waals surface area contributed by atoms with Crippen LogP contribution in [-0.2, 0) is 0 Å². The number of rotatable bonds is 2. The van der Waals surface area contributed by atoms with Crippen LogP contribution in [0, 0.1) is 0 Å². The molecule has 1 N–H and O–H groups in total. The van der Waals surface area contributed by atoms with E-state index in [0.29, 0.717) is 0 Å². The third-order valence-corrected chi connectivity index (χ3v) is 2.50. The van der Waals surface area contributed by atoms with Crippen LogP contribution in [0.3, 0.4) is 0 Å². The Kier molecular flexibility index (Phi) is 4.52. The van der Waals surface area contributed by atoms with Crippen molar-refractivity contribution in [2.24, 2.45) is 0 Å². The van der Waals surface area contributed by atoms with Crippen molar-refractivity contribution in [1.29, 1.82) is 0 Å². The van der Waals surface area contributed by atoms with E-state index >= 15 is 0 Å². The van der Waals surface area contributed by atoms with Crippen molar-refractivity contribution >= 4 is 11.6 Å². The second kappa shape index (κ2) is 5.42. The summed E-state index contributed by atoms with van der Waals surface area (Å²) in [6.45, 7) is 0. The van der Waals surface area contributed by atoms with Crippen LogP contribution in [0.4, 0.5) is 26.3 Å². The van der Waals surface area contributed by atoms with Gasteiger partial charge in [0.2, 0.25) is 0 Å². The van der Waals surface area contributed by atoms with Gasteiger partial charge in [0.15, 0.2) is 0 Å². The lowest BCUT2D eigenvalue weighted by Gasteiger charge is -2.17. The molecule has 1 unspecified atom stereocenters. The quantitative estimate of drug-likeness (QED) is 0.633. The van der Waals surface area contributed by atoms with Gasteiger partial charge in [0.25, 0.3) is 0 Å². The Morgan fingerprint density at radius 3 is 1.95 bits per heavy atom. The molecule has 0 amide bonds. The van der Waals surface area contributed by atoms with Crippen LogP contribution >= 0.6 is 11.6 Å². The van der Waals surface area contributed by atoms with Gasteiger partial charge in [-0.25, -0.2) is 0 Å². The topological polar surface area (TPSA) is 20.2 Å². The molecule has 0 aromatic heterocycles. The SMILES string of the molecule is OC(C=C(C(F)(F)F)C(F)(F)F)c1ccccc1Cl. The molecule has 106 valence electrons. The minimum atomic E-state index is -5.61. The highest BCUT2D eigenvalue weighted by Gasteiger charge is 2.51. The maximum absolute atomic E-state index is 12.3. The fraction of sp³-hybridized carbons (Fsp3) is 0.273. The van der Waals surface area contributed by atoms with Crippen LogP contribution in [0.2, 0.25) is 5.02 Å². The van der Waals surface area contributed by atoms with Crippen molar-refractivity contribution in [2.75, 3.05) is 0 Å². The molecule has 0 saturated heterocycles. The summed E-state index contributed by atoms with van der Waals surface area (Å²) in [5.41, 5.74) is -3.01. The molecule has 1 nitrogen and oxygen atoms in total. The average Bonchev–Trinajstić information content (AvgIpc) is 2.23. The first-order valence-electron chi connectivity index (χ1n) is 4.82. The largest absolute Gasteiger partial charge is 0.421 e. The Balaban J connectivity index is 3.21. The van der Waals surface area contributed by atoms with Gasteiger partial charge in [0.05, 0.1) is 6.10 Å². The van der Waals surface area contributed by atoms with Crippen LogP contribution in [0.5, 0.6) is 0 Å². The number of halogens is 7. The standard InChI is InChI=1S/C11H7ClF6O/c12-7-4-2-1-3-6(7)8(19)5-9(10(13,14)15)11(16,17)18/h1-5,8,19H. The maximum Gasteiger partial charge on any atom is 0.421 e. The number of aliphatic hydroxyl groups is 1. The molecule has 0 aliphatic heterocycles. The maximum atomic E-state index is 12.3. The highest BCUT2D eigenvalue weighted by molar-refractivity contribution is 6.31. The van der Waals surface area contributed by atoms with Gasteiger partial charge in [-0.1, -0.05) is 29.8 Å². The zero-order valence-electron chi connectivity index (χ0n) is 9.06. The van der Waals surface area contributed by atoms with E-state index in [4.69, 9.17) is 11.6 Å². The Bertz CT molecular complexity index is 461. The fourth-order valence-electron chi connectivity index (χ4n) is 1.31. The van der Waals surface area contributed by atoms with Gasteiger partial charge >= 0.3 is 12.4 Å². The molecular weight excluding hydrogens is 298 g/mol. The average molecular weight is 305 g/mol. The first kappa shape index (κ1) is 15.8. The number of hydrogen-bond donors (Lipinski definition) is 1. The second-order valence-electron chi connectivity index (χ2n) is 3.54. The van der Waals surface area contributed by atoms with Gasteiger partial charge in [0.1, 0.15) is 5.57 Å². The molecule has 0 heterocycles. The van der Waals surface area contributed by atoms with E-state index in [0.717, 1.165) is 6.07 Å². The number of allylic oxidation sites excluding steroid dienone is 1. The van der Waals surface area contributed by atoms with Gasteiger partial charge in [-0.3, -0.25) is 0 Å². The zero-order chi connectivity index (χ0) is 14.8. The van der Waals surface area contributed by atoms with Crippen molar-refractivity contribution in [3.8, 4) is 0 Å². The smallest absolute Gasteiger partial charge is 0.384 e. The fourth-order valence-corrected chi connectivity index (χ4v) is 1.56. The Hall–Kier alpha value is -1.21. The normalized spacial score (nSPS) is 14.1. The Labute approximate surface area is 109 Å². The molecular formula is C11H7ClF6O. The van der Waals surface area contributed by atoms with E-state index in [2.05, 4.69) is 0 Å². The summed E-state index contributed by atoms with van der Waals surface area (Å²) in [5, 5.41) is 9.31. The lowest BCUT2D eigenvalue weighted by atomic mass is 10.1. The van der Waals surface area contributed by atoms with E-state index in [-0.39, 0.29) is 16.7 Å². The highest BCUT2D eigenvalue weighted by atomic mass is 35.5. The van der Waals surface area contributed by atoms with Gasteiger partial charge in [0, 0.05) is 10.6 Å². The summed E-state index contributed by atoms with van der Waals surface area (Å²) in [6, 6.07) is 5.14. The van der Waals surface area contributed by atoms with Crippen molar-refractivity contribution < 1.29 is 31.4 Å². The molecule has 0 saturated carbocycles. The third kappa shape index (κ3) is 4.14. The van der Waals surface area contributed by atoms with Crippen molar-refractivity contribution in [1.82, 2.24) is 0 Å². The predicted octanol–water partition coefficient (Wildman–Crippen LogP) is 4.42. The third-order valence-electron chi connectivity index (χ3n) is 2.16. The lowest BCUT2D eigenvalue weighted by Crippen LogP contribution is -2.26. The molecule has 1 rings (SSSR count). The molecule has 1 aromatic rings. The minimum absolute atomic E-state index is 0.130. The summed E-state index contributed by atoms with van der Waals surface area (Å²) >= 11 is 5.58. The Morgan fingerprint density at radius 1 is 1.05 bits per heavy atom. The van der Waals surface area contributed by atoms with Crippen molar-refractivity contribution in [3.05, 3.63) is 46.5 Å². The monoisotopic (exact) mass is 304 g/mol. The van der Waals surface area contributed by atoms with Gasteiger partial charge in [-0.2, -0.15) is 26.3 Å². The molecule has 0 bridgehead atoms. The van der Waals surface area contributed by atoms with Gasteiger partial charge in [-0.05, 0) is 12.1 Å². The summed E-state index contributed by atoms with van der Waals surface area (Å²) in [5.74, 6) is 0. The molecule has 0 spiro atoms. The van der Waals surface area contributed by atoms with Crippen LogP contribution in [0.1, 0.15) is 11.7 Å². The second-order valence-corrected chi connectivity index (χ2v) is 3.95. The van der Waals surface area contributed by atoms with Crippen LogP contribution < -0.4 is 0 Å². The first-order valence-corrected chi connectivity index (χ1v) is 5.20. The number of hydrogen-bond acceptors (Lipinski definition) is 1. The summed E-state index contributed by atoms with van der Waals surface area (Å²) in [7, 11) is 0. The molecule has 19 heavy (non-hydrogen) atoms. The van der Waals surface area contributed by atoms with Gasteiger partial charge in [-0.15, -0.1) is 0 Å². The number of alkyl halides is 6. The van der Waals surface area contributed by atoms with E-state index in [1.54, 1.807) is 0 Å². The van der Waals surface area contributed by atoms with Gasteiger partial charge < -0.3 is 5.11 Å².